The van der Waals surface area contributed by atoms with Crippen LogP contribution in [-0.2, 0) is 4.79 Å². The zero-order chi connectivity index (χ0) is 9.56. The van der Waals surface area contributed by atoms with E-state index in [-0.39, 0.29) is 0 Å². The molecule has 0 aromatic carbocycles. The third-order valence-electron chi connectivity index (χ3n) is 2.47. The van der Waals surface area contributed by atoms with Crippen LogP contribution in [-0.4, -0.2) is 11.1 Å². The fourth-order valence-electron chi connectivity index (χ4n) is 1.38. The lowest BCUT2D eigenvalue weighted by atomic mass is 9.90. The molecule has 2 atom stereocenters. The molecule has 0 amide bonds. The summed E-state index contributed by atoms with van der Waals surface area (Å²) < 4.78 is 0. The quantitative estimate of drug-likeness (QED) is 0.668. The van der Waals surface area contributed by atoms with E-state index in [9.17, 15) is 4.79 Å². The number of hydrogen-bond acceptors (Lipinski definition) is 1. The fraction of sp³-hybridized carbons (Fsp3) is 0.900. The average molecular weight is 172 g/mol. The molecule has 0 aliphatic carbocycles. The van der Waals surface area contributed by atoms with Crippen LogP contribution in [0.5, 0.6) is 0 Å². The number of rotatable bonds is 6. The van der Waals surface area contributed by atoms with E-state index in [4.69, 9.17) is 5.11 Å². The van der Waals surface area contributed by atoms with E-state index in [2.05, 4.69) is 20.8 Å². The highest BCUT2D eigenvalue weighted by Gasteiger charge is 2.13. The molecule has 12 heavy (non-hydrogen) atoms. The molecule has 0 aliphatic rings. The first-order chi connectivity index (χ1) is 5.60. The Hall–Kier alpha value is -0.530. The van der Waals surface area contributed by atoms with Gasteiger partial charge < -0.3 is 5.11 Å². The van der Waals surface area contributed by atoms with Gasteiger partial charge in [0.25, 0.3) is 0 Å². The largest absolute Gasteiger partial charge is 0.481 e. The van der Waals surface area contributed by atoms with Crippen molar-refractivity contribution in [3.8, 4) is 0 Å². The van der Waals surface area contributed by atoms with Crippen molar-refractivity contribution >= 4 is 5.97 Å². The van der Waals surface area contributed by atoms with Crippen molar-refractivity contribution in [2.24, 2.45) is 11.8 Å². The highest BCUT2D eigenvalue weighted by atomic mass is 16.4. The van der Waals surface area contributed by atoms with Gasteiger partial charge in [0.1, 0.15) is 0 Å². The lowest BCUT2D eigenvalue weighted by Crippen LogP contribution is -2.10. The summed E-state index contributed by atoms with van der Waals surface area (Å²) in [7, 11) is 0. The Morgan fingerprint density at radius 2 is 1.92 bits per heavy atom. The number of hydrogen-bond donors (Lipinski definition) is 1. The maximum atomic E-state index is 10.4. The zero-order valence-electron chi connectivity index (χ0n) is 8.34. The molecule has 0 saturated carbocycles. The van der Waals surface area contributed by atoms with Gasteiger partial charge in [-0.15, -0.1) is 0 Å². The predicted octanol–water partition coefficient (Wildman–Crippen LogP) is 2.92. The summed E-state index contributed by atoms with van der Waals surface area (Å²) in [5.74, 6) is 0.372. The Bertz CT molecular complexity index is 132. The van der Waals surface area contributed by atoms with Gasteiger partial charge in [-0.3, -0.25) is 4.79 Å². The van der Waals surface area contributed by atoms with Gasteiger partial charge in [0.05, 0.1) is 0 Å². The molecule has 0 bridgehead atoms. The molecule has 0 fully saturated rings. The Balaban J connectivity index is 3.74. The van der Waals surface area contributed by atoms with E-state index in [0.29, 0.717) is 18.3 Å². The van der Waals surface area contributed by atoms with Crippen LogP contribution in [0.4, 0.5) is 0 Å². The van der Waals surface area contributed by atoms with Gasteiger partial charge in [0.15, 0.2) is 0 Å². The Morgan fingerprint density at radius 1 is 1.33 bits per heavy atom. The van der Waals surface area contributed by atoms with E-state index in [1.165, 1.54) is 0 Å². The number of carboxylic acid groups (broad SMARTS) is 1. The molecule has 0 rings (SSSR count). The molecule has 0 aromatic rings. The van der Waals surface area contributed by atoms with Crippen molar-refractivity contribution in [3.05, 3.63) is 0 Å². The lowest BCUT2D eigenvalue weighted by Gasteiger charge is -2.16. The zero-order valence-corrected chi connectivity index (χ0v) is 8.34. The molecule has 72 valence electrons. The molecule has 0 heterocycles. The van der Waals surface area contributed by atoms with Crippen molar-refractivity contribution in [2.45, 2.75) is 46.5 Å². The second-order valence-electron chi connectivity index (χ2n) is 3.62. The molecule has 0 spiro atoms. The smallest absolute Gasteiger partial charge is 0.303 e. The van der Waals surface area contributed by atoms with Crippen molar-refractivity contribution in [1.29, 1.82) is 0 Å². The molecular formula is C10H20O2. The van der Waals surface area contributed by atoms with Crippen molar-refractivity contribution < 1.29 is 9.90 Å². The first-order valence-corrected chi connectivity index (χ1v) is 4.81. The van der Waals surface area contributed by atoms with Crippen molar-refractivity contribution in [2.75, 3.05) is 0 Å². The molecule has 0 aromatic heterocycles. The summed E-state index contributed by atoms with van der Waals surface area (Å²) in [6.07, 6.45) is 3.52. The summed E-state index contributed by atoms with van der Waals surface area (Å²) in [5.41, 5.74) is 0. The summed E-state index contributed by atoms with van der Waals surface area (Å²) in [6, 6.07) is 0. The monoisotopic (exact) mass is 172 g/mol. The molecule has 2 nitrogen and oxygen atoms in total. The second-order valence-corrected chi connectivity index (χ2v) is 3.62. The third kappa shape index (κ3) is 5.16. The molecule has 1 N–H and O–H groups in total. The third-order valence-corrected chi connectivity index (χ3v) is 2.47. The normalized spacial score (nSPS) is 15.6. The van der Waals surface area contributed by atoms with Gasteiger partial charge in [-0.1, -0.05) is 33.6 Å². The van der Waals surface area contributed by atoms with E-state index in [0.717, 1.165) is 19.3 Å². The summed E-state index contributed by atoms with van der Waals surface area (Å²) in [6.45, 7) is 6.40. The minimum atomic E-state index is -0.662. The van der Waals surface area contributed by atoms with Gasteiger partial charge >= 0.3 is 5.97 Å². The summed E-state index contributed by atoms with van der Waals surface area (Å²) >= 11 is 0. The fourth-order valence-corrected chi connectivity index (χ4v) is 1.38. The first-order valence-electron chi connectivity index (χ1n) is 4.81. The van der Waals surface area contributed by atoms with Gasteiger partial charge in [-0.25, -0.2) is 0 Å². The molecule has 0 aliphatic heterocycles. The highest BCUT2D eigenvalue weighted by molar-refractivity contribution is 5.66. The van der Waals surface area contributed by atoms with Gasteiger partial charge in [0, 0.05) is 6.42 Å². The van der Waals surface area contributed by atoms with Gasteiger partial charge in [0.2, 0.25) is 0 Å². The summed E-state index contributed by atoms with van der Waals surface area (Å²) in [4.78, 5) is 10.4. The summed E-state index contributed by atoms with van der Waals surface area (Å²) in [5, 5.41) is 8.60. The van der Waals surface area contributed by atoms with Crippen LogP contribution in [0.25, 0.3) is 0 Å². The van der Waals surface area contributed by atoms with Crippen molar-refractivity contribution in [1.82, 2.24) is 0 Å². The van der Waals surface area contributed by atoms with E-state index < -0.39 is 5.97 Å². The second kappa shape index (κ2) is 6.04. The van der Waals surface area contributed by atoms with Gasteiger partial charge in [-0.2, -0.15) is 0 Å². The van der Waals surface area contributed by atoms with Crippen LogP contribution >= 0.6 is 0 Å². The van der Waals surface area contributed by atoms with Crippen LogP contribution in [0.3, 0.4) is 0 Å². The molecule has 2 unspecified atom stereocenters. The van der Waals surface area contributed by atoms with E-state index in [1.54, 1.807) is 0 Å². The predicted molar refractivity (Wildman–Crippen MR) is 50.1 cm³/mol. The van der Waals surface area contributed by atoms with Crippen LogP contribution in [0.2, 0.25) is 0 Å². The van der Waals surface area contributed by atoms with Crippen molar-refractivity contribution in [3.63, 3.8) is 0 Å². The van der Waals surface area contributed by atoms with Crippen LogP contribution in [0.1, 0.15) is 46.5 Å². The van der Waals surface area contributed by atoms with Crippen LogP contribution < -0.4 is 0 Å². The Morgan fingerprint density at radius 3 is 2.25 bits per heavy atom. The molecule has 0 saturated heterocycles. The molecule has 0 radical (unpaired) electrons. The molecular weight excluding hydrogens is 152 g/mol. The SMILES string of the molecule is CCC(C)CC(CC)CC(=O)O. The highest BCUT2D eigenvalue weighted by Crippen LogP contribution is 2.20. The lowest BCUT2D eigenvalue weighted by molar-refractivity contribution is -0.138. The van der Waals surface area contributed by atoms with Crippen LogP contribution in [0.15, 0.2) is 0 Å². The van der Waals surface area contributed by atoms with Crippen LogP contribution in [0, 0.1) is 11.8 Å². The topological polar surface area (TPSA) is 37.3 Å². The van der Waals surface area contributed by atoms with Gasteiger partial charge in [-0.05, 0) is 18.3 Å². The molecule has 2 heteroatoms. The minimum absolute atomic E-state index is 0.334. The maximum absolute atomic E-state index is 10.4. The van der Waals surface area contributed by atoms with E-state index >= 15 is 0 Å². The number of carbonyl (C=O) groups is 1. The maximum Gasteiger partial charge on any atom is 0.303 e. The average Bonchev–Trinajstić information content (AvgIpc) is 2.02. The number of carboxylic acids is 1. The van der Waals surface area contributed by atoms with E-state index in [1.807, 2.05) is 0 Å². The Kier molecular flexibility index (Phi) is 5.77. The first kappa shape index (κ1) is 11.5. The minimum Gasteiger partial charge on any atom is -0.481 e. The Labute approximate surface area is 75.0 Å². The standard InChI is InChI=1S/C10H20O2/c1-4-8(3)6-9(5-2)7-10(11)12/h8-9H,4-7H2,1-3H3,(H,11,12). The number of aliphatic carboxylic acids is 1.